The molecule has 0 aliphatic heterocycles. The molecule has 3 N–H and O–H groups in total. The number of aliphatic imine (C=N–C) groups is 1. The zero-order chi connectivity index (χ0) is 18.5. The molecule has 0 saturated heterocycles. The predicted octanol–water partition coefficient (Wildman–Crippen LogP) is 2.18. The molecule has 0 aliphatic carbocycles. The lowest BCUT2D eigenvalue weighted by Crippen LogP contribution is -2.38. The van der Waals surface area contributed by atoms with Crippen LogP contribution in [0.25, 0.3) is 11.3 Å². The highest BCUT2D eigenvalue weighted by atomic mass is 16.5. The van der Waals surface area contributed by atoms with E-state index in [0.29, 0.717) is 26.4 Å². The molecule has 2 aromatic rings. The molecule has 1 heterocycles. The van der Waals surface area contributed by atoms with Gasteiger partial charge in [-0.1, -0.05) is 30.3 Å². The fraction of sp³-hybridized carbons (Fsp3) is 0.474. The summed E-state index contributed by atoms with van der Waals surface area (Å²) >= 11 is 0. The number of nitrogens with one attached hydrogen (secondary N) is 3. The third-order valence-electron chi connectivity index (χ3n) is 3.63. The van der Waals surface area contributed by atoms with Crippen LogP contribution in [0.5, 0.6) is 0 Å². The van der Waals surface area contributed by atoms with Crippen LogP contribution >= 0.6 is 0 Å². The van der Waals surface area contributed by atoms with Crippen molar-refractivity contribution in [1.29, 1.82) is 0 Å². The summed E-state index contributed by atoms with van der Waals surface area (Å²) in [5, 5.41) is 6.55. The van der Waals surface area contributed by atoms with Gasteiger partial charge in [0.2, 0.25) is 0 Å². The fourth-order valence-electron chi connectivity index (χ4n) is 2.33. The van der Waals surface area contributed by atoms with E-state index in [9.17, 15) is 0 Å². The van der Waals surface area contributed by atoms with E-state index in [1.807, 2.05) is 31.3 Å². The summed E-state index contributed by atoms with van der Waals surface area (Å²) in [5.74, 6) is 1.62. The number of H-pyrrole nitrogens is 1. The normalized spacial score (nSPS) is 11.5. The Labute approximate surface area is 155 Å². The number of methoxy groups -OCH3 is 1. The molecule has 0 spiro atoms. The Morgan fingerprint density at radius 3 is 2.77 bits per heavy atom. The number of hydrogen-bond acceptors (Lipinski definition) is 4. The van der Waals surface area contributed by atoms with Crippen molar-refractivity contribution in [2.75, 3.05) is 40.0 Å². The quantitative estimate of drug-likeness (QED) is 0.325. The van der Waals surface area contributed by atoms with Crippen molar-refractivity contribution in [2.24, 2.45) is 4.99 Å². The van der Waals surface area contributed by atoms with Gasteiger partial charge in [0.1, 0.15) is 12.4 Å². The largest absolute Gasteiger partial charge is 0.382 e. The third-order valence-corrected chi connectivity index (χ3v) is 3.63. The van der Waals surface area contributed by atoms with Crippen LogP contribution in [-0.4, -0.2) is 55.9 Å². The Morgan fingerprint density at radius 1 is 1.15 bits per heavy atom. The van der Waals surface area contributed by atoms with Crippen LogP contribution in [0.1, 0.15) is 19.2 Å². The second-order valence-corrected chi connectivity index (χ2v) is 5.69. The first-order valence-corrected chi connectivity index (χ1v) is 9.01. The van der Waals surface area contributed by atoms with Gasteiger partial charge >= 0.3 is 0 Å². The molecule has 0 radical (unpaired) electrons. The minimum absolute atomic E-state index is 0.493. The van der Waals surface area contributed by atoms with Crippen molar-refractivity contribution in [3.8, 4) is 11.3 Å². The summed E-state index contributed by atoms with van der Waals surface area (Å²) in [7, 11) is 1.67. The van der Waals surface area contributed by atoms with Crippen LogP contribution in [-0.2, 0) is 16.0 Å². The Balaban J connectivity index is 1.78. The maximum atomic E-state index is 5.45. The first kappa shape index (κ1) is 19.9. The van der Waals surface area contributed by atoms with Crippen molar-refractivity contribution in [1.82, 2.24) is 20.6 Å². The van der Waals surface area contributed by atoms with Crippen LogP contribution in [0.4, 0.5) is 0 Å². The van der Waals surface area contributed by atoms with Crippen molar-refractivity contribution in [3.05, 3.63) is 42.4 Å². The highest BCUT2D eigenvalue weighted by Crippen LogP contribution is 2.16. The van der Waals surface area contributed by atoms with E-state index in [0.717, 1.165) is 42.6 Å². The molecule has 0 bridgehead atoms. The number of rotatable bonds is 11. The number of guanidine groups is 1. The van der Waals surface area contributed by atoms with Gasteiger partial charge in [-0.3, -0.25) is 0 Å². The lowest BCUT2D eigenvalue weighted by atomic mass is 10.2. The Kier molecular flexibility index (Phi) is 9.24. The van der Waals surface area contributed by atoms with E-state index in [2.05, 4.69) is 37.7 Å². The van der Waals surface area contributed by atoms with Crippen LogP contribution in [0.3, 0.4) is 0 Å². The van der Waals surface area contributed by atoms with Gasteiger partial charge in [-0.15, -0.1) is 0 Å². The molecule has 0 unspecified atom stereocenters. The van der Waals surface area contributed by atoms with E-state index in [-0.39, 0.29) is 0 Å². The van der Waals surface area contributed by atoms with Crippen LogP contribution < -0.4 is 10.6 Å². The molecule has 0 saturated carbocycles. The van der Waals surface area contributed by atoms with E-state index in [1.54, 1.807) is 7.11 Å². The summed E-state index contributed by atoms with van der Waals surface area (Å²) in [6, 6.07) is 10.1. The summed E-state index contributed by atoms with van der Waals surface area (Å²) in [6.07, 6.45) is 2.75. The van der Waals surface area contributed by atoms with Crippen molar-refractivity contribution in [3.63, 3.8) is 0 Å². The molecule has 0 atom stereocenters. The molecule has 0 aliphatic rings. The minimum atomic E-state index is 0.493. The Bertz CT molecular complexity index is 642. The van der Waals surface area contributed by atoms with Crippen LogP contribution in [0, 0.1) is 0 Å². The number of aromatic amines is 1. The van der Waals surface area contributed by atoms with Gasteiger partial charge in [0, 0.05) is 26.8 Å². The zero-order valence-electron chi connectivity index (χ0n) is 15.6. The number of aromatic nitrogens is 2. The van der Waals surface area contributed by atoms with E-state index >= 15 is 0 Å². The standard InChI is InChI=1S/C19H29N5O2/c1-3-20-19(21-10-7-11-26-13-12-25-2)23-15-18-22-14-17(24-18)16-8-5-4-6-9-16/h4-6,8-9,14H,3,7,10-13,15H2,1-2H3,(H,22,24)(H2,20,21,23). The van der Waals surface area contributed by atoms with Crippen LogP contribution in [0.2, 0.25) is 0 Å². The number of ether oxygens (including phenoxy) is 2. The van der Waals surface area contributed by atoms with Gasteiger partial charge in [-0.25, -0.2) is 9.98 Å². The second-order valence-electron chi connectivity index (χ2n) is 5.69. The average molecular weight is 359 g/mol. The van der Waals surface area contributed by atoms with Crippen molar-refractivity contribution >= 4 is 5.96 Å². The molecule has 7 nitrogen and oxygen atoms in total. The molecule has 26 heavy (non-hydrogen) atoms. The van der Waals surface area contributed by atoms with Gasteiger partial charge in [0.15, 0.2) is 5.96 Å². The number of imidazole rings is 1. The topological polar surface area (TPSA) is 83.6 Å². The molecular weight excluding hydrogens is 330 g/mol. The molecule has 7 heteroatoms. The van der Waals surface area contributed by atoms with E-state index in [1.165, 1.54) is 0 Å². The number of hydrogen-bond donors (Lipinski definition) is 3. The Morgan fingerprint density at radius 2 is 2.00 bits per heavy atom. The van der Waals surface area contributed by atoms with Crippen molar-refractivity contribution < 1.29 is 9.47 Å². The first-order chi connectivity index (χ1) is 12.8. The first-order valence-electron chi connectivity index (χ1n) is 9.01. The molecular formula is C19H29N5O2. The minimum Gasteiger partial charge on any atom is -0.382 e. The summed E-state index contributed by atoms with van der Waals surface area (Å²) < 4.78 is 10.4. The number of benzene rings is 1. The van der Waals surface area contributed by atoms with Gasteiger partial charge in [-0.2, -0.15) is 0 Å². The van der Waals surface area contributed by atoms with Gasteiger partial charge in [0.05, 0.1) is 25.1 Å². The fourth-order valence-corrected chi connectivity index (χ4v) is 2.33. The smallest absolute Gasteiger partial charge is 0.191 e. The summed E-state index contributed by atoms with van der Waals surface area (Å²) in [6.45, 7) is 6.11. The lowest BCUT2D eigenvalue weighted by molar-refractivity contribution is 0.0698. The Hall–Kier alpha value is -2.38. The second kappa shape index (κ2) is 12.1. The van der Waals surface area contributed by atoms with E-state index < -0.39 is 0 Å². The van der Waals surface area contributed by atoms with E-state index in [4.69, 9.17) is 9.47 Å². The molecule has 0 fully saturated rings. The maximum Gasteiger partial charge on any atom is 0.191 e. The van der Waals surface area contributed by atoms with Gasteiger partial charge in [0.25, 0.3) is 0 Å². The monoisotopic (exact) mass is 359 g/mol. The van der Waals surface area contributed by atoms with Gasteiger partial charge < -0.3 is 25.1 Å². The molecule has 142 valence electrons. The number of nitrogens with zero attached hydrogens (tertiary/aromatic N) is 2. The van der Waals surface area contributed by atoms with Crippen molar-refractivity contribution in [2.45, 2.75) is 19.9 Å². The molecule has 1 aromatic heterocycles. The lowest BCUT2D eigenvalue weighted by Gasteiger charge is -2.11. The SMILES string of the molecule is CCNC(=NCc1ncc(-c2ccccc2)[nH]1)NCCCOCCOC. The summed E-state index contributed by atoms with van der Waals surface area (Å²) in [4.78, 5) is 12.3. The predicted molar refractivity (Wildman–Crippen MR) is 104 cm³/mol. The molecule has 0 amide bonds. The van der Waals surface area contributed by atoms with Gasteiger partial charge in [-0.05, 0) is 18.9 Å². The maximum absolute atomic E-state index is 5.45. The highest BCUT2D eigenvalue weighted by Gasteiger charge is 2.03. The average Bonchev–Trinajstić information content (AvgIpc) is 3.15. The summed E-state index contributed by atoms with van der Waals surface area (Å²) in [5.41, 5.74) is 2.12. The third kappa shape index (κ3) is 7.25. The zero-order valence-corrected chi connectivity index (χ0v) is 15.6. The highest BCUT2D eigenvalue weighted by molar-refractivity contribution is 5.79. The van der Waals surface area contributed by atoms with Crippen LogP contribution in [0.15, 0.2) is 41.5 Å². The molecule has 2 rings (SSSR count). The molecule has 1 aromatic carbocycles.